The summed E-state index contributed by atoms with van der Waals surface area (Å²) in [5, 5.41) is 9.33. The van der Waals surface area contributed by atoms with E-state index in [1.54, 1.807) is 21.9 Å². The number of aromatic amines is 1. The number of imidazole rings is 1. The first-order valence-electron chi connectivity index (χ1n) is 4.77. The summed E-state index contributed by atoms with van der Waals surface area (Å²) in [4.78, 5) is 27.7. The highest BCUT2D eigenvalue weighted by Gasteiger charge is 2.13. The lowest BCUT2D eigenvalue weighted by atomic mass is 10.5. The molecule has 0 bridgehead atoms. The minimum Gasteiger partial charge on any atom is -0.492 e. The van der Waals surface area contributed by atoms with E-state index in [1.165, 1.54) is 6.33 Å². The highest BCUT2D eigenvalue weighted by atomic mass is 19.1. The second kappa shape index (κ2) is 4.24. The van der Waals surface area contributed by atoms with Crippen molar-refractivity contribution in [1.29, 1.82) is 0 Å². The van der Waals surface area contributed by atoms with Crippen molar-refractivity contribution >= 4 is 0 Å². The molecule has 0 radical (unpaired) electrons. The first-order valence-corrected chi connectivity index (χ1v) is 4.77. The number of hydrogen-bond donors (Lipinski definition) is 2. The molecule has 0 unspecified atom stereocenters. The number of hydrogen-bond acceptors (Lipinski definition) is 4. The Bertz CT molecular complexity index is 629. The average Bonchev–Trinajstić information content (AvgIpc) is 2.79. The fourth-order valence-electron chi connectivity index (χ4n) is 1.38. The van der Waals surface area contributed by atoms with E-state index in [4.69, 9.17) is 0 Å². The summed E-state index contributed by atoms with van der Waals surface area (Å²) in [6, 6.07) is 0. The Hall–Kier alpha value is -2.38. The molecule has 0 spiro atoms. The van der Waals surface area contributed by atoms with Gasteiger partial charge in [0.25, 0.3) is 5.56 Å². The van der Waals surface area contributed by atoms with Crippen molar-refractivity contribution in [1.82, 2.24) is 19.1 Å². The molecule has 17 heavy (non-hydrogen) atoms. The predicted octanol–water partition coefficient (Wildman–Crippen LogP) is -0.722. The molecular weight excluding hydrogens is 231 g/mol. The molecule has 2 rings (SSSR count). The summed E-state index contributed by atoms with van der Waals surface area (Å²) in [5.74, 6) is -2.32. The van der Waals surface area contributed by atoms with Gasteiger partial charge in [-0.3, -0.25) is 14.3 Å². The fourth-order valence-corrected chi connectivity index (χ4v) is 1.38. The highest BCUT2D eigenvalue weighted by Crippen LogP contribution is 2.07. The molecular formula is C9H9FN4O3. The summed E-state index contributed by atoms with van der Waals surface area (Å²) < 4.78 is 15.5. The van der Waals surface area contributed by atoms with E-state index < -0.39 is 22.9 Å². The summed E-state index contributed by atoms with van der Waals surface area (Å²) in [7, 11) is 0. The van der Waals surface area contributed by atoms with E-state index in [1.807, 2.05) is 0 Å². The minimum atomic E-state index is -1.37. The van der Waals surface area contributed by atoms with Crippen molar-refractivity contribution in [2.75, 3.05) is 0 Å². The quantitative estimate of drug-likeness (QED) is 0.740. The molecule has 2 heterocycles. The number of aromatic hydroxyl groups is 1. The van der Waals surface area contributed by atoms with E-state index in [-0.39, 0.29) is 6.54 Å². The second-order valence-corrected chi connectivity index (χ2v) is 3.35. The molecule has 2 aromatic heterocycles. The maximum absolute atomic E-state index is 13.1. The number of aromatic nitrogens is 4. The zero-order valence-corrected chi connectivity index (χ0v) is 8.63. The van der Waals surface area contributed by atoms with Crippen LogP contribution in [0.4, 0.5) is 4.39 Å². The van der Waals surface area contributed by atoms with Gasteiger partial charge >= 0.3 is 5.69 Å². The van der Waals surface area contributed by atoms with Gasteiger partial charge in [-0.25, -0.2) is 9.78 Å². The number of rotatable bonds is 3. The van der Waals surface area contributed by atoms with E-state index in [0.717, 1.165) is 4.57 Å². The van der Waals surface area contributed by atoms with Crippen molar-refractivity contribution < 1.29 is 9.50 Å². The van der Waals surface area contributed by atoms with Crippen molar-refractivity contribution in [2.24, 2.45) is 0 Å². The molecule has 0 saturated carbocycles. The van der Waals surface area contributed by atoms with Gasteiger partial charge in [0.2, 0.25) is 11.7 Å². The van der Waals surface area contributed by atoms with Gasteiger partial charge in [-0.2, -0.15) is 4.39 Å². The summed E-state index contributed by atoms with van der Waals surface area (Å²) in [6.45, 7) is 0.341. The van der Waals surface area contributed by atoms with Gasteiger partial charge in [0.1, 0.15) is 0 Å². The number of halogens is 1. The van der Waals surface area contributed by atoms with Crippen LogP contribution in [0.15, 0.2) is 28.3 Å². The predicted molar refractivity (Wildman–Crippen MR) is 55.2 cm³/mol. The van der Waals surface area contributed by atoms with Crippen LogP contribution in [0, 0.1) is 5.82 Å². The van der Waals surface area contributed by atoms with E-state index in [0.29, 0.717) is 6.54 Å². The standard InChI is InChI=1S/C9H9FN4O3/c10-6-7(15)12-9(17)14(8(6)16)4-3-13-2-1-11-5-13/h1-2,5,16H,3-4H2,(H,12,15,17). The summed E-state index contributed by atoms with van der Waals surface area (Å²) in [5.41, 5.74) is -2.08. The molecule has 0 aliphatic carbocycles. The van der Waals surface area contributed by atoms with Crippen LogP contribution in [-0.4, -0.2) is 24.2 Å². The molecule has 0 amide bonds. The van der Waals surface area contributed by atoms with Crippen molar-refractivity contribution in [2.45, 2.75) is 13.1 Å². The smallest absolute Gasteiger partial charge is 0.331 e. The molecule has 0 atom stereocenters. The largest absolute Gasteiger partial charge is 0.492 e. The van der Waals surface area contributed by atoms with Gasteiger partial charge in [-0.15, -0.1) is 0 Å². The van der Waals surface area contributed by atoms with Crippen LogP contribution in [0.5, 0.6) is 5.88 Å². The van der Waals surface area contributed by atoms with Crippen molar-refractivity contribution in [3.8, 4) is 5.88 Å². The average molecular weight is 240 g/mol. The molecule has 2 N–H and O–H groups in total. The zero-order valence-electron chi connectivity index (χ0n) is 8.63. The van der Waals surface area contributed by atoms with Gasteiger partial charge < -0.3 is 9.67 Å². The third-order valence-corrected chi connectivity index (χ3v) is 2.26. The number of aryl methyl sites for hydroxylation is 1. The van der Waals surface area contributed by atoms with Crippen LogP contribution in [0.3, 0.4) is 0 Å². The lowest BCUT2D eigenvalue weighted by Gasteiger charge is -2.08. The second-order valence-electron chi connectivity index (χ2n) is 3.35. The molecule has 0 aliphatic rings. The first kappa shape index (κ1) is 11.1. The molecule has 8 heteroatoms. The van der Waals surface area contributed by atoms with Crippen LogP contribution in [0.1, 0.15) is 0 Å². The minimum absolute atomic E-state index is 0.0225. The molecule has 0 aliphatic heterocycles. The van der Waals surface area contributed by atoms with Crippen molar-refractivity contribution in [3.05, 3.63) is 45.4 Å². The Labute approximate surface area is 93.8 Å². The van der Waals surface area contributed by atoms with E-state index in [9.17, 15) is 19.1 Å². The van der Waals surface area contributed by atoms with E-state index >= 15 is 0 Å². The number of H-pyrrole nitrogens is 1. The van der Waals surface area contributed by atoms with Gasteiger partial charge in [0.05, 0.1) is 6.33 Å². The Balaban J connectivity index is 2.30. The van der Waals surface area contributed by atoms with Crippen LogP contribution in [0.25, 0.3) is 0 Å². The third-order valence-electron chi connectivity index (χ3n) is 2.26. The highest BCUT2D eigenvalue weighted by molar-refractivity contribution is 5.09. The van der Waals surface area contributed by atoms with Crippen molar-refractivity contribution in [3.63, 3.8) is 0 Å². The molecule has 7 nitrogen and oxygen atoms in total. The van der Waals surface area contributed by atoms with E-state index in [2.05, 4.69) is 4.98 Å². The SMILES string of the molecule is O=c1[nH]c(=O)n(CCn2ccnc2)c(O)c1F. The Morgan fingerprint density at radius 3 is 2.82 bits per heavy atom. The summed E-state index contributed by atoms with van der Waals surface area (Å²) >= 11 is 0. The van der Waals surface area contributed by atoms with Gasteiger partial charge in [0.15, 0.2) is 0 Å². The lowest BCUT2D eigenvalue weighted by Crippen LogP contribution is -2.32. The van der Waals surface area contributed by atoms with Crippen LogP contribution in [-0.2, 0) is 13.1 Å². The van der Waals surface area contributed by atoms with Crippen LogP contribution < -0.4 is 11.2 Å². The Kier molecular flexibility index (Phi) is 2.77. The molecule has 2 aromatic rings. The van der Waals surface area contributed by atoms with Gasteiger partial charge in [-0.05, 0) is 0 Å². The van der Waals surface area contributed by atoms with Gasteiger partial charge in [-0.1, -0.05) is 0 Å². The lowest BCUT2D eigenvalue weighted by molar-refractivity contribution is 0.353. The Morgan fingerprint density at radius 1 is 1.41 bits per heavy atom. The molecule has 90 valence electrons. The maximum atomic E-state index is 13.1. The Morgan fingerprint density at radius 2 is 2.18 bits per heavy atom. The number of nitrogens with zero attached hydrogens (tertiary/aromatic N) is 3. The summed E-state index contributed by atoms with van der Waals surface area (Å²) in [6.07, 6.45) is 4.73. The normalized spacial score (nSPS) is 10.6. The topological polar surface area (TPSA) is 92.9 Å². The maximum Gasteiger partial charge on any atom is 0.331 e. The monoisotopic (exact) mass is 240 g/mol. The van der Waals surface area contributed by atoms with Crippen LogP contribution >= 0.6 is 0 Å². The molecule has 0 aromatic carbocycles. The molecule has 0 saturated heterocycles. The number of nitrogens with one attached hydrogen (secondary N) is 1. The zero-order chi connectivity index (χ0) is 12.4. The first-order chi connectivity index (χ1) is 8.09. The van der Waals surface area contributed by atoms with Crippen LogP contribution in [0.2, 0.25) is 0 Å². The van der Waals surface area contributed by atoms with Gasteiger partial charge in [0, 0.05) is 25.5 Å². The molecule has 0 fully saturated rings. The fraction of sp³-hybridized carbons (Fsp3) is 0.222. The third kappa shape index (κ3) is 2.10.